The molecule has 0 radical (unpaired) electrons. The minimum absolute atomic E-state index is 0.0326. The predicted octanol–water partition coefficient (Wildman–Crippen LogP) is 6.69. The average molecular weight is 595 g/mol. The summed E-state index contributed by atoms with van der Waals surface area (Å²) in [6, 6.07) is 5.13. The van der Waals surface area contributed by atoms with Crippen LogP contribution < -0.4 is 10.0 Å². The van der Waals surface area contributed by atoms with Crippen LogP contribution in [-0.4, -0.2) is 33.0 Å². The Kier molecular flexibility index (Phi) is 13.1. The number of aliphatic imine (C=N–C) groups is 2. The molecule has 216 valence electrons. The molecule has 1 aromatic carbocycles. The topological polar surface area (TPSA) is 117 Å². The van der Waals surface area contributed by atoms with Crippen molar-refractivity contribution >= 4 is 57.6 Å². The summed E-state index contributed by atoms with van der Waals surface area (Å²) in [6.45, 7) is 10.3. The molecule has 1 aliphatic rings. The first-order valence-electron chi connectivity index (χ1n) is 12.8. The second-order valence-corrected chi connectivity index (χ2v) is 11.3. The average Bonchev–Trinajstić information content (AvgIpc) is 3.22. The van der Waals surface area contributed by atoms with Gasteiger partial charge in [0.15, 0.2) is 0 Å². The number of nitrogens with one attached hydrogen (secondary N) is 2. The number of benzene rings is 1. The Morgan fingerprint density at radius 3 is 2.66 bits per heavy atom. The Balaban J connectivity index is 2.19. The molecular weight excluding hydrogens is 560 g/mol. The Morgan fingerprint density at radius 2 is 1.98 bits per heavy atom. The first kappa shape index (κ1) is 33.1. The van der Waals surface area contributed by atoms with Crippen molar-refractivity contribution in [3.8, 4) is 0 Å². The van der Waals surface area contributed by atoms with Crippen LogP contribution in [0.3, 0.4) is 0 Å². The van der Waals surface area contributed by atoms with Crippen LogP contribution >= 0.6 is 11.6 Å². The lowest BCUT2D eigenvalue weighted by atomic mass is 9.96. The minimum Gasteiger partial charge on any atom is -0.322 e. The standard InChI is InChI=1S/C31H35ClN4O4S/c1-6-25(22(3)18-20-37)14-13-24(5)41(39,40)36-30(33-7-2)17-12-23(4)31(38)35-26-15-16-28(32)27(21-26)29-11-9-8-10-19-34-29/h6-8,10-13,15-21,25,36H,1,9,14H2,2-5H3,(H,35,38)/b22-18+,23-12+,24-13+,30-17+,33-7+. The highest BCUT2D eigenvalue weighted by Gasteiger charge is 2.16. The van der Waals surface area contributed by atoms with E-state index in [-0.39, 0.29) is 22.6 Å². The lowest BCUT2D eigenvalue weighted by Gasteiger charge is -2.12. The van der Waals surface area contributed by atoms with Crippen LogP contribution in [0.25, 0.3) is 5.70 Å². The largest absolute Gasteiger partial charge is 0.322 e. The smallest absolute Gasteiger partial charge is 0.258 e. The maximum Gasteiger partial charge on any atom is 0.258 e. The van der Waals surface area contributed by atoms with Crippen LogP contribution in [0.2, 0.25) is 5.02 Å². The molecule has 0 bridgehead atoms. The molecule has 1 amide bonds. The number of aldehydes is 1. The highest BCUT2D eigenvalue weighted by Crippen LogP contribution is 2.29. The van der Waals surface area contributed by atoms with Crippen molar-refractivity contribution < 1.29 is 18.0 Å². The van der Waals surface area contributed by atoms with Crippen LogP contribution in [0.4, 0.5) is 5.69 Å². The molecule has 10 heteroatoms. The molecule has 0 aliphatic carbocycles. The van der Waals surface area contributed by atoms with Gasteiger partial charge in [-0.05, 0) is 77.0 Å². The molecule has 2 rings (SSSR count). The van der Waals surface area contributed by atoms with E-state index in [4.69, 9.17) is 11.6 Å². The molecule has 0 aromatic heterocycles. The number of rotatable bonds is 13. The van der Waals surface area contributed by atoms with Gasteiger partial charge in [-0.1, -0.05) is 47.6 Å². The maximum atomic E-state index is 12.9. The molecule has 2 N–H and O–H groups in total. The number of nitrogens with zero attached hydrogens (tertiary/aromatic N) is 2. The first-order valence-corrected chi connectivity index (χ1v) is 14.7. The lowest BCUT2D eigenvalue weighted by Crippen LogP contribution is -2.23. The van der Waals surface area contributed by atoms with Crippen molar-refractivity contribution in [1.82, 2.24) is 4.72 Å². The van der Waals surface area contributed by atoms with Gasteiger partial charge in [-0.25, -0.2) is 13.4 Å². The third-order valence-corrected chi connectivity index (χ3v) is 7.85. The van der Waals surface area contributed by atoms with Crippen LogP contribution in [0, 0.1) is 5.92 Å². The molecule has 0 fully saturated rings. The Labute approximate surface area is 247 Å². The van der Waals surface area contributed by atoms with E-state index in [1.165, 1.54) is 31.4 Å². The molecule has 0 spiro atoms. The summed E-state index contributed by atoms with van der Waals surface area (Å²) < 4.78 is 28.3. The minimum atomic E-state index is -3.92. The molecule has 41 heavy (non-hydrogen) atoms. The number of carbonyl (C=O) groups is 2. The maximum absolute atomic E-state index is 12.9. The van der Waals surface area contributed by atoms with Crippen LogP contribution in [0.5, 0.6) is 0 Å². The van der Waals surface area contributed by atoms with E-state index in [0.29, 0.717) is 46.7 Å². The third kappa shape index (κ3) is 10.4. The van der Waals surface area contributed by atoms with Gasteiger partial charge >= 0.3 is 0 Å². The number of anilines is 1. The van der Waals surface area contributed by atoms with E-state index in [9.17, 15) is 18.0 Å². The fourth-order valence-electron chi connectivity index (χ4n) is 3.55. The monoisotopic (exact) mass is 594 g/mol. The van der Waals surface area contributed by atoms with Gasteiger partial charge in [-0.3, -0.25) is 19.3 Å². The third-order valence-electron chi connectivity index (χ3n) is 6.02. The molecule has 8 nitrogen and oxygen atoms in total. The van der Waals surface area contributed by atoms with Crippen molar-refractivity contribution in [1.29, 1.82) is 0 Å². The fraction of sp³-hybridized carbons (Fsp3) is 0.226. The van der Waals surface area contributed by atoms with Crippen molar-refractivity contribution in [3.05, 3.63) is 106 Å². The highest BCUT2D eigenvalue weighted by atomic mass is 35.5. The number of sulfonamides is 1. The summed E-state index contributed by atoms with van der Waals surface area (Å²) in [5.74, 6) is -0.531. The van der Waals surface area contributed by atoms with Gasteiger partial charge in [0.25, 0.3) is 15.9 Å². The summed E-state index contributed by atoms with van der Waals surface area (Å²) in [7, 11) is -3.92. The second-order valence-electron chi connectivity index (χ2n) is 9.01. The quantitative estimate of drug-likeness (QED) is 0.0869. The number of hydrogen-bond acceptors (Lipinski definition) is 6. The molecule has 1 aromatic rings. The highest BCUT2D eigenvalue weighted by molar-refractivity contribution is 7.93. The number of hydrogen-bond donors (Lipinski definition) is 2. The second kappa shape index (κ2) is 16.2. The van der Waals surface area contributed by atoms with Gasteiger partial charge < -0.3 is 5.32 Å². The zero-order valence-electron chi connectivity index (χ0n) is 23.6. The van der Waals surface area contributed by atoms with Crippen molar-refractivity contribution in [2.75, 3.05) is 5.32 Å². The molecular formula is C31H35ClN4O4S. The zero-order chi connectivity index (χ0) is 30.4. The summed E-state index contributed by atoms with van der Waals surface area (Å²) in [5, 5.41) is 3.34. The van der Waals surface area contributed by atoms with Gasteiger partial charge in [0, 0.05) is 35.2 Å². The normalized spacial score (nSPS) is 15.8. The van der Waals surface area contributed by atoms with Crippen LogP contribution in [-0.2, 0) is 19.6 Å². The Hall–Kier alpha value is -4.08. The fourth-order valence-corrected chi connectivity index (χ4v) is 4.63. The van der Waals surface area contributed by atoms with E-state index in [2.05, 4.69) is 26.6 Å². The Morgan fingerprint density at radius 1 is 1.22 bits per heavy atom. The van der Waals surface area contributed by atoms with Crippen molar-refractivity contribution in [2.45, 2.75) is 40.5 Å². The molecule has 1 aliphatic heterocycles. The molecule has 0 saturated heterocycles. The van der Waals surface area contributed by atoms with Crippen LogP contribution in [0.15, 0.2) is 105 Å². The van der Waals surface area contributed by atoms with Gasteiger partial charge in [0.05, 0.1) is 15.6 Å². The summed E-state index contributed by atoms with van der Waals surface area (Å²) in [4.78, 5) is 32.2. The van der Waals surface area contributed by atoms with E-state index < -0.39 is 10.0 Å². The van der Waals surface area contributed by atoms with E-state index in [1.54, 1.807) is 57.3 Å². The lowest BCUT2D eigenvalue weighted by molar-refractivity contribution is -0.112. The van der Waals surface area contributed by atoms with Crippen molar-refractivity contribution in [2.24, 2.45) is 15.9 Å². The Bertz CT molecular complexity index is 1510. The molecule has 1 heterocycles. The molecule has 0 saturated carbocycles. The number of amides is 1. The predicted molar refractivity (Wildman–Crippen MR) is 170 cm³/mol. The van der Waals surface area contributed by atoms with Crippen molar-refractivity contribution in [3.63, 3.8) is 0 Å². The van der Waals surface area contributed by atoms with Gasteiger partial charge in [0.1, 0.15) is 12.1 Å². The molecule has 1 unspecified atom stereocenters. The summed E-state index contributed by atoms with van der Waals surface area (Å²) in [5.41, 5.74) is 3.03. The number of halogens is 1. The zero-order valence-corrected chi connectivity index (χ0v) is 25.2. The number of allylic oxidation sites excluding steroid dienone is 10. The SMILES string of the molecule is C=CC(C/C=C(\C)S(=O)(=O)NC(=C/C=C(\C)C(=O)Nc1ccc(Cl)c(C2=CCC=CC=N2)c1)/N=C/C)/C(C)=C/C=O. The van der Waals surface area contributed by atoms with Gasteiger partial charge in [-0.15, -0.1) is 6.58 Å². The molecule has 1 atom stereocenters. The first-order chi connectivity index (χ1) is 19.5. The van der Waals surface area contributed by atoms with E-state index in [1.807, 2.05) is 18.2 Å². The van der Waals surface area contributed by atoms with E-state index >= 15 is 0 Å². The summed E-state index contributed by atoms with van der Waals surface area (Å²) in [6.07, 6.45) is 18.2. The summed E-state index contributed by atoms with van der Waals surface area (Å²) >= 11 is 6.38. The van der Waals surface area contributed by atoms with E-state index in [0.717, 1.165) is 5.57 Å². The number of carbonyl (C=O) groups excluding carboxylic acids is 2. The van der Waals surface area contributed by atoms with Crippen LogP contribution in [0.1, 0.15) is 46.1 Å². The van der Waals surface area contributed by atoms with Gasteiger partial charge in [0.2, 0.25) is 0 Å². The van der Waals surface area contributed by atoms with Gasteiger partial charge in [-0.2, -0.15) is 0 Å².